The van der Waals surface area contributed by atoms with Crippen LogP contribution in [0.1, 0.15) is 27.2 Å². The first-order chi connectivity index (χ1) is 11.3. The van der Waals surface area contributed by atoms with Crippen LogP contribution in [-0.4, -0.2) is 83.3 Å². The second-order valence-corrected chi connectivity index (χ2v) is 8.96. The fraction of sp³-hybridized carbons (Fsp3) is 0.938. The van der Waals surface area contributed by atoms with Crippen molar-refractivity contribution >= 4 is 15.8 Å². The van der Waals surface area contributed by atoms with Crippen molar-refractivity contribution in [2.24, 2.45) is 10.9 Å². The van der Waals surface area contributed by atoms with Gasteiger partial charge >= 0.3 is 0 Å². The highest BCUT2D eigenvalue weighted by Gasteiger charge is 2.14. The molecule has 142 valence electrons. The first-order valence-corrected chi connectivity index (χ1v) is 10.9. The van der Waals surface area contributed by atoms with Crippen LogP contribution < -0.4 is 10.6 Å². The molecule has 0 saturated carbocycles. The maximum atomic E-state index is 11.3. The summed E-state index contributed by atoms with van der Waals surface area (Å²) in [5.41, 5.74) is 0. The molecule has 0 aromatic rings. The van der Waals surface area contributed by atoms with Gasteiger partial charge in [-0.05, 0) is 26.2 Å². The van der Waals surface area contributed by atoms with E-state index in [9.17, 15) is 8.42 Å². The Morgan fingerprint density at radius 3 is 2.54 bits per heavy atom. The second-order valence-electron chi connectivity index (χ2n) is 6.70. The van der Waals surface area contributed by atoms with Gasteiger partial charge in [-0.2, -0.15) is 0 Å². The lowest BCUT2D eigenvalue weighted by atomic mass is 10.1. The molecular weight excluding hydrogens is 328 g/mol. The van der Waals surface area contributed by atoms with E-state index >= 15 is 0 Å². The monoisotopic (exact) mass is 362 g/mol. The van der Waals surface area contributed by atoms with Crippen LogP contribution in [0.2, 0.25) is 0 Å². The van der Waals surface area contributed by atoms with Crippen molar-refractivity contribution in [3.8, 4) is 0 Å². The fourth-order valence-electron chi connectivity index (χ4n) is 2.55. The summed E-state index contributed by atoms with van der Waals surface area (Å²) in [4.78, 5) is 7.07. The van der Waals surface area contributed by atoms with E-state index in [0.717, 1.165) is 51.9 Å². The van der Waals surface area contributed by atoms with Gasteiger partial charge in [0.15, 0.2) is 5.96 Å². The Balaban J connectivity index is 2.42. The average molecular weight is 363 g/mol. The third kappa shape index (κ3) is 10.1. The molecule has 0 amide bonds. The minimum atomic E-state index is -2.93. The topological polar surface area (TPSA) is 83.0 Å². The lowest BCUT2D eigenvalue weighted by Crippen LogP contribution is -2.43. The molecule has 1 aliphatic heterocycles. The van der Waals surface area contributed by atoms with Gasteiger partial charge in [0.05, 0.1) is 19.0 Å². The standard InChI is InChI=1S/C16H34N4O3S/c1-5-17-16(19-15(3)6-11-24(4,21)22)18-12-14(2)13-20-7-9-23-10-8-20/h14-15H,5-13H2,1-4H3,(H2,17,18,19). The Morgan fingerprint density at radius 1 is 1.29 bits per heavy atom. The molecule has 2 atom stereocenters. The van der Waals surface area contributed by atoms with Crippen molar-refractivity contribution < 1.29 is 13.2 Å². The predicted molar refractivity (Wildman–Crippen MR) is 99.3 cm³/mol. The molecule has 1 heterocycles. The van der Waals surface area contributed by atoms with Crippen LogP contribution in [0.15, 0.2) is 4.99 Å². The van der Waals surface area contributed by atoms with Crippen molar-refractivity contribution in [3.05, 3.63) is 0 Å². The first-order valence-electron chi connectivity index (χ1n) is 8.82. The number of sulfone groups is 1. The Bertz CT molecular complexity index is 476. The van der Waals surface area contributed by atoms with Gasteiger partial charge in [0.2, 0.25) is 0 Å². The zero-order valence-electron chi connectivity index (χ0n) is 15.5. The van der Waals surface area contributed by atoms with E-state index < -0.39 is 9.84 Å². The van der Waals surface area contributed by atoms with Crippen LogP contribution in [0, 0.1) is 5.92 Å². The maximum absolute atomic E-state index is 11.3. The van der Waals surface area contributed by atoms with Crippen LogP contribution in [0.5, 0.6) is 0 Å². The molecule has 0 spiro atoms. The van der Waals surface area contributed by atoms with Crippen molar-refractivity contribution in [2.45, 2.75) is 33.2 Å². The number of guanidine groups is 1. The van der Waals surface area contributed by atoms with Gasteiger partial charge in [0, 0.05) is 45.0 Å². The average Bonchev–Trinajstić information content (AvgIpc) is 2.51. The molecule has 1 saturated heterocycles. The second kappa shape index (κ2) is 10.9. The first kappa shape index (κ1) is 21.2. The molecule has 0 aromatic carbocycles. The molecule has 7 nitrogen and oxygen atoms in total. The molecule has 0 radical (unpaired) electrons. The van der Waals surface area contributed by atoms with Crippen molar-refractivity contribution in [2.75, 3.05) is 57.9 Å². The number of rotatable bonds is 9. The number of ether oxygens (including phenoxy) is 1. The number of aliphatic imine (C=N–C) groups is 1. The lowest BCUT2D eigenvalue weighted by Gasteiger charge is -2.28. The Labute approximate surface area is 147 Å². The molecule has 2 unspecified atom stereocenters. The molecule has 0 aromatic heterocycles. The zero-order valence-corrected chi connectivity index (χ0v) is 16.4. The quantitative estimate of drug-likeness (QED) is 0.454. The molecule has 1 fully saturated rings. The Kier molecular flexibility index (Phi) is 9.61. The normalized spacial score (nSPS) is 19.8. The molecule has 2 N–H and O–H groups in total. The molecule has 24 heavy (non-hydrogen) atoms. The van der Waals surface area contributed by atoms with Crippen LogP contribution >= 0.6 is 0 Å². The van der Waals surface area contributed by atoms with Gasteiger partial charge in [-0.25, -0.2) is 8.42 Å². The highest BCUT2D eigenvalue weighted by Crippen LogP contribution is 2.04. The predicted octanol–water partition coefficient (Wildman–Crippen LogP) is 0.333. The Morgan fingerprint density at radius 2 is 1.96 bits per heavy atom. The summed E-state index contributed by atoms with van der Waals surface area (Å²) in [7, 11) is -2.93. The van der Waals surface area contributed by atoms with E-state index in [0.29, 0.717) is 12.3 Å². The molecule has 0 bridgehead atoms. The van der Waals surface area contributed by atoms with E-state index in [2.05, 4.69) is 27.4 Å². The SMILES string of the molecule is CCNC(=NCC(C)CN1CCOCC1)NC(C)CCS(C)(=O)=O. The van der Waals surface area contributed by atoms with Crippen LogP contribution in [-0.2, 0) is 14.6 Å². The molecule has 1 aliphatic rings. The highest BCUT2D eigenvalue weighted by molar-refractivity contribution is 7.90. The number of morpholine rings is 1. The summed E-state index contributed by atoms with van der Waals surface area (Å²) in [6.45, 7) is 12.4. The maximum Gasteiger partial charge on any atom is 0.191 e. The van der Waals surface area contributed by atoms with E-state index in [1.54, 1.807) is 0 Å². The van der Waals surface area contributed by atoms with Crippen LogP contribution in [0.25, 0.3) is 0 Å². The van der Waals surface area contributed by atoms with E-state index in [-0.39, 0.29) is 11.8 Å². The number of nitrogens with one attached hydrogen (secondary N) is 2. The zero-order chi connectivity index (χ0) is 18.0. The number of nitrogens with zero attached hydrogens (tertiary/aromatic N) is 2. The number of hydrogen-bond acceptors (Lipinski definition) is 5. The van der Waals surface area contributed by atoms with Gasteiger partial charge < -0.3 is 15.4 Å². The fourth-order valence-corrected chi connectivity index (χ4v) is 3.33. The van der Waals surface area contributed by atoms with Gasteiger partial charge in [-0.1, -0.05) is 6.92 Å². The van der Waals surface area contributed by atoms with Crippen molar-refractivity contribution in [3.63, 3.8) is 0 Å². The Hall–Kier alpha value is -0.860. The minimum absolute atomic E-state index is 0.0621. The third-order valence-electron chi connectivity index (χ3n) is 3.88. The molecule has 0 aliphatic carbocycles. The van der Waals surface area contributed by atoms with Crippen LogP contribution in [0.3, 0.4) is 0 Å². The molecular formula is C16H34N4O3S. The summed E-state index contributed by atoms with van der Waals surface area (Å²) in [6, 6.07) is 0.0621. The smallest absolute Gasteiger partial charge is 0.191 e. The minimum Gasteiger partial charge on any atom is -0.379 e. The van der Waals surface area contributed by atoms with E-state index in [4.69, 9.17) is 4.74 Å². The van der Waals surface area contributed by atoms with E-state index in [1.807, 2.05) is 13.8 Å². The van der Waals surface area contributed by atoms with Crippen molar-refractivity contribution in [1.82, 2.24) is 15.5 Å². The lowest BCUT2D eigenvalue weighted by molar-refractivity contribution is 0.0323. The van der Waals surface area contributed by atoms with Gasteiger partial charge in [0.25, 0.3) is 0 Å². The van der Waals surface area contributed by atoms with E-state index in [1.165, 1.54) is 6.26 Å². The third-order valence-corrected chi connectivity index (χ3v) is 4.86. The number of hydrogen-bond donors (Lipinski definition) is 2. The van der Waals surface area contributed by atoms with Gasteiger partial charge in [-0.3, -0.25) is 9.89 Å². The van der Waals surface area contributed by atoms with Crippen molar-refractivity contribution in [1.29, 1.82) is 0 Å². The van der Waals surface area contributed by atoms with Gasteiger partial charge in [-0.15, -0.1) is 0 Å². The summed E-state index contributed by atoms with van der Waals surface area (Å²) in [5.74, 6) is 1.41. The summed E-state index contributed by atoms with van der Waals surface area (Å²) in [6.07, 6.45) is 1.85. The highest BCUT2D eigenvalue weighted by atomic mass is 32.2. The molecule has 1 rings (SSSR count). The summed E-state index contributed by atoms with van der Waals surface area (Å²) in [5, 5.41) is 6.52. The van der Waals surface area contributed by atoms with Crippen LogP contribution in [0.4, 0.5) is 0 Å². The van der Waals surface area contributed by atoms with Gasteiger partial charge in [0.1, 0.15) is 9.84 Å². The largest absolute Gasteiger partial charge is 0.379 e. The summed E-state index contributed by atoms with van der Waals surface area (Å²) < 4.78 is 27.9. The summed E-state index contributed by atoms with van der Waals surface area (Å²) >= 11 is 0. The molecule has 8 heteroatoms.